The highest BCUT2D eigenvalue weighted by Gasteiger charge is 2.52. The number of carbonyl (C=O) groups is 5. The van der Waals surface area contributed by atoms with Crippen molar-refractivity contribution in [2.24, 2.45) is 5.73 Å². The Bertz CT molecular complexity index is 3130. The summed E-state index contributed by atoms with van der Waals surface area (Å²) in [6.07, 6.45) is 3.31. The fraction of sp³-hybridized carbons (Fsp3) is 0.250. The number of hydrogen-bond acceptors (Lipinski definition) is 10. The molecule has 360 valence electrons. The molecule has 2 fully saturated rings. The average Bonchev–Trinajstić information content (AvgIpc) is 4.27. The summed E-state index contributed by atoms with van der Waals surface area (Å²) in [5.41, 5.74) is 13.4. The van der Waals surface area contributed by atoms with Crippen molar-refractivity contribution in [3.05, 3.63) is 155 Å². The van der Waals surface area contributed by atoms with E-state index in [2.05, 4.69) is 16.7 Å². The smallest absolute Gasteiger partial charge is 0.253 e. The van der Waals surface area contributed by atoms with E-state index in [0.717, 1.165) is 70.2 Å². The molecule has 2 aliphatic carbocycles. The van der Waals surface area contributed by atoms with E-state index in [0.29, 0.717) is 45.5 Å². The molecular formula is C56H52N6O9. The minimum absolute atomic E-state index is 0.0586. The molecule has 10 rings (SSSR count). The Hall–Kier alpha value is -8.64. The van der Waals surface area contributed by atoms with Crippen LogP contribution >= 0.6 is 0 Å². The summed E-state index contributed by atoms with van der Waals surface area (Å²) in [6.45, 7) is 0.378. The Morgan fingerprint density at radius 1 is 0.549 bits per heavy atom. The number of ether oxygens (including phenoxy) is 4. The fourth-order valence-corrected chi connectivity index (χ4v) is 8.96. The third kappa shape index (κ3) is 9.82. The average molecular weight is 953 g/mol. The first-order valence-electron chi connectivity index (χ1n) is 23.2. The topological polar surface area (TPSA) is 203 Å². The van der Waals surface area contributed by atoms with Crippen LogP contribution in [0.4, 0.5) is 11.4 Å². The number of nitrogens with two attached hydrogens (primary N) is 1. The number of nitrogens with zero attached hydrogens (tertiary/aromatic N) is 3. The molecule has 0 radical (unpaired) electrons. The summed E-state index contributed by atoms with van der Waals surface area (Å²) in [4.78, 5) is 66.0. The Balaban J connectivity index is 0.000000176. The molecule has 6 aromatic rings. The lowest BCUT2D eigenvalue weighted by Gasteiger charge is -2.18. The number of rotatable bonds is 13. The number of amides is 5. The minimum Gasteiger partial charge on any atom is -0.454 e. The molecule has 15 heteroatoms. The number of nitriles is 1. The molecule has 5 amide bonds. The van der Waals surface area contributed by atoms with Crippen LogP contribution in [0.3, 0.4) is 0 Å². The van der Waals surface area contributed by atoms with Crippen LogP contribution < -0.4 is 35.3 Å². The van der Waals surface area contributed by atoms with Crippen molar-refractivity contribution in [2.45, 2.75) is 49.4 Å². The predicted molar refractivity (Wildman–Crippen MR) is 266 cm³/mol. The first kappa shape index (κ1) is 47.4. The normalized spacial score (nSPS) is 14.7. The van der Waals surface area contributed by atoms with Gasteiger partial charge in [-0.1, -0.05) is 48.5 Å². The van der Waals surface area contributed by atoms with Gasteiger partial charge in [0.2, 0.25) is 31.3 Å². The van der Waals surface area contributed by atoms with E-state index >= 15 is 0 Å². The van der Waals surface area contributed by atoms with Gasteiger partial charge in [0.25, 0.3) is 11.8 Å². The van der Waals surface area contributed by atoms with Crippen LogP contribution in [0.5, 0.6) is 23.0 Å². The number of fused-ring (bicyclic) bond motifs is 2. The van der Waals surface area contributed by atoms with E-state index in [9.17, 15) is 29.2 Å². The molecule has 2 heterocycles. The van der Waals surface area contributed by atoms with Crippen LogP contribution in [0.2, 0.25) is 0 Å². The molecule has 6 aromatic carbocycles. The molecule has 71 heavy (non-hydrogen) atoms. The Labute approximate surface area is 411 Å². The van der Waals surface area contributed by atoms with Gasteiger partial charge in [0.15, 0.2) is 23.0 Å². The molecule has 0 unspecified atom stereocenters. The van der Waals surface area contributed by atoms with Gasteiger partial charge in [-0.05, 0) is 143 Å². The highest BCUT2D eigenvalue weighted by atomic mass is 16.7. The van der Waals surface area contributed by atoms with E-state index in [1.807, 2.05) is 84.9 Å². The lowest BCUT2D eigenvalue weighted by Crippen LogP contribution is -2.27. The molecule has 2 saturated carbocycles. The Morgan fingerprint density at radius 2 is 0.958 bits per heavy atom. The van der Waals surface area contributed by atoms with Crippen LogP contribution in [0, 0.1) is 11.3 Å². The number of anilines is 2. The van der Waals surface area contributed by atoms with Crippen LogP contribution in [-0.4, -0.2) is 81.1 Å². The molecular weight excluding hydrogens is 901 g/mol. The standard InChI is InChI=1S/C28H27N3O5.C28H25N3O4/c1-31(2)26(33)18-5-3-17(4-6-18)22-15-21(9-7-19(22)13-25(29)32)30-27(34)28(11-12-28)20-8-10-23-24(14-20)36-16-35-23;1-31(2)26(32)20-5-3-18(4-6-20)23-16-22(9-7-19(23)11-14-29)30-27(33)28(12-13-28)21-8-10-24-25(15-21)35-17-34-24/h3-10,14-15H,11-13,16H2,1-2H3,(H2,29,32)(H,30,34);3-10,15-16H,11-13,17H2,1-2H3,(H,30,33). The van der Waals surface area contributed by atoms with E-state index in [-0.39, 0.29) is 50.1 Å². The molecule has 0 atom stereocenters. The van der Waals surface area contributed by atoms with Crippen LogP contribution in [0.1, 0.15) is 68.7 Å². The SMILES string of the molecule is CN(C)C(=O)c1ccc(-c2cc(NC(=O)C3(c4ccc5c(c4)OCO5)CC3)ccc2CC#N)cc1.CN(C)C(=O)c1ccc(-c2cc(NC(=O)C3(c4ccc5c(c4)OCO5)CC3)ccc2CC(N)=O)cc1. The number of carbonyl (C=O) groups excluding carboxylic acids is 5. The molecule has 0 bridgehead atoms. The predicted octanol–water partition coefficient (Wildman–Crippen LogP) is 8.00. The maximum Gasteiger partial charge on any atom is 0.253 e. The second kappa shape index (κ2) is 19.4. The van der Waals surface area contributed by atoms with E-state index < -0.39 is 16.7 Å². The monoisotopic (exact) mass is 952 g/mol. The number of hydrogen-bond donors (Lipinski definition) is 3. The minimum atomic E-state index is -0.610. The third-order valence-electron chi connectivity index (χ3n) is 13.3. The van der Waals surface area contributed by atoms with Gasteiger partial charge < -0.3 is 45.1 Å². The Morgan fingerprint density at radius 3 is 1.35 bits per heavy atom. The van der Waals surface area contributed by atoms with Gasteiger partial charge in [0.1, 0.15) is 0 Å². The largest absolute Gasteiger partial charge is 0.454 e. The van der Waals surface area contributed by atoms with Gasteiger partial charge >= 0.3 is 0 Å². The van der Waals surface area contributed by atoms with Crippen molar-refractivity contribution in [1.82, 2.24) is 9.80 Å². The van der Waals surface area contributed by atoms with Crippen molar-refractivity contribution in [2.75, 3.05) is 52.4 Å². The maximum absolute atomic E-state index is 13.4. The molecule has 0 saturated heterocycles. The van der Waals surface area contributed by atoms with Gasteiger partial charge in [-0.15, -0.1) is 0 Å². The van der Waals surface area contributed by atoms with Gasteiger partial charge in [-0.3, -0.25) is 24.0 Å². The molecule has 0 aromatic heterocycles. The zero-order valence-electron chi connectivity index (χ0n) is 39.8. The highest BCUT2D eigenvalue weighted by molar-refractivity contribution is 6.03. The molecule has 0 spiro atoms. The van der Waals surface area contributed by atoms with Gasteiger partial charge in [-0.2, -0.15) is 5.26 Å². The van der Waals surface area contributed by atoms with Crippen LogP contribution in [0.25, 0.3) is 22.3 Å². The van der Waals surface area contributed by atoms with Crippen molar-refractivity contribution in [3.8, 4) is 51.3 Å². The van der Waals surface area contributed by atoms with Crippen molar-refractivity contribution in [1.29, 1.82) is 5.26 Å². The number of benzene rings is 6. The first-order valence-corrected chi connectivity index (χ1v) is 23.2. The van der Waals surface area contributed by atoms with Crippen LogP contribution in [-0.2, 0) is 38.1 Å². The summed E-state index contributed by atoms with van der Waals surface area (Å²) < 4.78 is 21.8. The molecule has 4 N–H and O–H groups in total. The molecule has 4 aliphatic rings. The molecule has 15 nitrogen and oxygen atoms in total. The summed E-state index contributed by atoms with van der Waals surface area (Å²) in [6, 6.07) is 39.0. The summed E-state index contributed by atoms with van der Waals surface area (Å²) in [5, 5.41) is 15.4. The lowest BCUT2D eigenvalue weighted by atomic mass is 9.93. The lowest BCUT2D eigenvalue weighted by molar-refractivity contribution is -0.119. The quantitative estimate of drug-likeness (QED) is 0.102. The van der Waals surface area contributed by atoms with Gasteiger partial charge in [0.05, 0.1) is 29.7 Å². The second-order valence-corrected chi connectivity index (χ2v) is 18.5. The maximum atomic E-state index is 13.4. The van der Waals surface area contributed by atoms with Crippen molar-refractivity contribution < 1.29 is 42.9 Å². The van der Waals surface area contributed by atoms with Crippen molar-refractivity contribution >= 4 is 40.9 Å². The van der Waals surface area contributed by atoms with E-state index in [1.165, 1.54) is 9.80 Å². The molecule has 2 aliphatic heterocycles. The summed E-state index contributed by atoms with van der Waals surface area (Å²) >= 11 is 0. The number of primary amides is 1. The second-order valence-electron chi connectivity index (χ2n) is 18.5. The zero-order chi connectivity index (χ0) is 50.0. The summed E-state index contributed by atoms with van der Waals surface area (Å²) in [7, 11) is 6.82. The Kier molecular flexibility index (Phi) is 13.0. The summed E-state index contributed by atoms with van der Waals surface area (Å²) in [5.74, 6) is 1.91. The van der Waals surface area contributed by atoms with Crippen LogP contribution in [0.15, 0.2) is 121 Å². The van der Waals surface area contributed by atoms with Gasteiger partial charge in [0, 0.05) is 50.7 Å². The highest BCUT2D eigenvalue weighted by Crippen LogP contribution is 2.52. The van der Waals surface area contributed by atoms with Crippen molar-refractivity contribution in [3.63, 3.8) is 0 Å². The van der Waals surface area contributed by atoms with E-state index in [1.54, 1.807) is 64.6 Å². The fourth-order valence-electron chi connectivity index (χ4n) is 8.96. The van der Waals surface area contributed by atoms with E-state index in [4.69, 9.17) is 24.7 Å². The first-order chi connectivity index (χ1) is 34.2. The zero-order valence-corrected chi connectivity index (χ0v) is 39.8. The third-order valence-corrected chi connectivity index (χ3v) is 13.3. The van der Waals surface area contributed by atoms with Gasteiger partial charge in [-0.25, -0.2) is 0 Å². The number of nitrogens with one attached hydrogen (secondary N) is 2.